The van der Waals surface area contributed by atoms with Crippen LogP contribution in [0.15, 0.2) is 24.3 Å². The molecular formula is C13H21N2O2+. The van der Waals surface area contributed by atoms with Crippen LogP contribution in [0.3, 0.4) is 0 Å². The summed E-state index contributed by atoms with van der Waals surface area (Å²) in [4.78, 5) is 13.1. The van der Waals surface area contributed by atoms with Crippen molar-refractivity contribution >= 4 is 5.91 Å². The number of methoxy groups -OCH3 is 1. The fraction of sp³-hybridized carbons (Fsp3) is 0.462. The van der Waals surface area contributed by atoms with E-state index < -0.39 is 0 Å². The summed E-state index contributed by atoms with van der Waals surface area (Å²) in [7, 11) is 5.81. The molecule has 0 unspecified atom stereocenters. The van der Waals surface area contributed by atoms with Crippen molar-refractivity contribution in [2.24, 2.45) is 0 Å². The lowest BCUT2D eigenvalue weighted by Crippen LogP contribution is -3.05. The van der Waals surface area contributed by atoms with Crippen molar-refractivity contribution in [3.05, 3.63) is 29.8 Å². The Morgan fingerprint density at radius 1 is 1.29 bits per heavy atom. The molecule has 4 heteroatoms. The molecular weight excluding hydrogens is 216 g/mol. The van der Waals surface area contributed by atoms with Crippen molar-refractivity contribution in [1.82, 2.24) is 5.32 Å². The molecule has 94 valence electrons. The zero-order chi connectivity index (χ0) is 12.7. The molecule has 0 saturated carbocycles. The average Bonchev–Trinajstić information content (AvgIpc) is 2.34. The highest BCUT2D eigenvalue weighted by Gasteiger charge is 2.04. The van der Waals surface area contributed by atoms with E-state index in [4.69, 9.17) is 4.74 Å². The highest BCUT2D eigenvalue weighted by molar-refractivity contribution is 5.94. The number of carbonyl (C=O) groups excluding carboxylic acids is 1. The molecule has 0 heterocycles. The van der Waals surface area contributed by atoms with Crippen LogP contribution in [-0.4, -0.2) is 40.2 Å². The summed E-state index contributed by atoms with van der Waals surface area (Å²) in [5.41, 5.74) is 0.669. The van der Waals surface area contributed by atoms with Crippen LogP contribution in [-0.2, 0) is 0 Å². The van der Waals surface area contributed by atoms with Gasteiger partial charge in [0.1, 0.15) is 5.75 Å². The van der Waals surface area contributed by atoms with E-state index in [0.29, 0.717) is 5.56 Å². The summed E-state index contributed by atoms with van der Waals surface area (Å²) in [5.74, 6) is 0.735. The van der Waals surface area contributed by atoms with Gasteiger partial charge in [0.2, 0.25) is 0 Å². The predicted octanol–water partition coefficient (Wildman–Crippen LogP) is -0.0404. The zero-order valence-electron chi connectivity index (χ0n) is 10.7. The maximum absolute atomic E-state index is 11.7. The molecule has 2 N–H and O–H groups in total. The number of hydrogen-bond donors (Lipinski definition) is 2. The number of ether oxygens (including phenoxy) is 1. The molecule has 0 aliphatic rings. The van der Waals surface area contributed by atoms with Gasteiger partial charge in [0.05, 0.1) is 27.7 Å². The van der Waals surface area contributed by atoms with E-state index in [0.717, 1.165) is 25.3 Å². The van der Waals surface area contributed by atoms with Gasteiger partial charge in [-0.05, 0) is 24.3 Å². The molecule has 1 aromatic rings. The number of amides is 1. The summed E-state index contributed by atoms with van der Waals surface area (Å²) < 4.78 is 5.04. The molecule has 0 spiro atoms. The summed E-state index contributed by atoms with van der Waals surface area (Å²) in [6, 6.07) is 7.12. The number of rotatable bonds is 6. The van der Waals surface area contributed by atoms with Crippen LogP contribution in [0.1, 0.15) is 16.8 Å². The molecule has 0 aromatic heterocycles. The second-order valence-electron chi connectivity index (χ2n) is 4.30. The smallest absolute Gasteiger partial charge is 0.251 e. The largest absolute Gasteiger partial charge is 0.497 e. The lowest BCUT2D eigenvalue weighted by molar-refractivity contribution is -0.858. The Morgan fingerprint density at radius 2 is 1.94 bits per heavy atom. The lowest BCUT2D eigenvalue weighted by Gasteiger charge is -2.08. The van der Waals surface area contributed by atoms with E-state index in [-0.39, 0.29) is 5.91 Å². The van der Waals surface area contributed by atoms with Crippen LogP contribution in [0.2, 0.25) is 0 Å². The standard InChI is InChI=1S/C13H20N2O2/c1-15(2)10-4-9-14-13(16)11-5-7-12(17-3)8-6-11/h5-8H,4,9-10H2,1-3H3,(H,14,16)/p+1. The molecule has 17 heavy (non-hydrogen) atoms. The molecule has 0 saturated heterocycles. The molecule has 1 rings (SSSR count). The van der Waals surface area contributed by atoms with Gasteiger partial charge >= 0.3 is 0 Å². The highest BCUT2D eigenvalue weighted by atomic mass is 16.5. The highest BCUT2D eigenvalue weighted by Crippen LogP contribution is 2.10. The van der Waals surface area contributed by atoms with E-state index >= 15 is 0 Å². The van der Waals surface area contributed by atoms with E-state index in [1.54, 1.807) is 31.4 Å². The van der Waals surface area contributed by atoms with Crippen molar-refractivity contribution < 1.29 is 14.4 Å². The Hall–Kier alpha value is -1.55. The molecule has 0 aliphatic carbocycles. The van der Waals surface area contributed by atoms with Gasteiger partial charge in [-0.3, -0.25) is 4.79 Å². The third-order valence-corrected chi connectivity index (χ3v) is 2.49. The van der Waals surface area contributed by atoms with Gasteiger partial charge < -0.3 is 15.0 Å². The Labute approximate surface area is 103 Å². The summed E-state index contributed by atoms with van der Waals surface area (Å²) in [6.07, 6.45) is 0.990. The zero-order valence-corrected chi connectivity index (χ0v) is 10.7. The SMILES string of the molecule is COc1ccc(C(=O)NCCC[NH+](C)C)cc1. The summed E-state index contributed by atoms with van der Waals surface area (Å²) in [6.45, 7) is 1.78. The van der Waals surface area contributed by atoms with Gasteiger partial charge in [0, 0.05) is 18.5 Å². The third kappa shape index (κ3) is 4.87. The second-order valence-corrected chi connectivity index (χ2v) is 4.30. The fourth-order valence-corrected chi connectivity index (χ4v) is 1.49. The van der Waals surface area contributed by atoms with Crippen molar-refractivity contribution in [3.63, 3.8) is 0 Å². The van der Waals surface area contributed by atoms with Crippen LogP contribution < -0.4 is 15.0 Å². The van der Waals surface area contributed by atoms with Crippen LogP contribution in [0.4, 0.5) is 0 Å². The maximum Gasteiger partial charge on any atom is 0.251 e. The second kappa shape index (κ2) is 6.91. The molecule has 1 amide bonds. The first-order valence-corrected chi connectivity index (χ1v) is 5.84. The molecule has 0 fully saturated rings. The predicted molar refractivity (Wildman–Crippen MR) is 67.6 cm³/mol. The average molecular weight is 237 g/mol. The van der Waals surface area contributed by atoms with Gasteiger partial charge in [0.15, 0.2) is 0 Å². The molecule has 0 aliphatic heterocycles. The van der Waals surface area contributed by atoms with E-state index in [1.165, 1.54) is 4.90 Å². The molecule has 4 nitrogen and oxygen atoms in total. The topological polar surface area (TPSA) is 42.8 Å². The number of hydrogen-bond acceptors (Lipinski definition) is 2. The molecule has 0 radical (unpaired) electrons. The molecule has 1 aromatic carbocycles. The number of quaternary nitrogens is 1. The molecule has 0 atom stereocenters. The van der Waals surface area contributed by atoms with Crippen molar-refractivity contribution in [2.75, 3.05) is 34.3 Å². The van der Waals surface area contributed by atoms with Crippen molar-refractivity contribution in [3.8, 4) is 5.75 Å². The van der Waals surface area contributed by atoms with Crippen molar-refractivity contribution in [2.45, 2.75) is 6.42 Å². The first kappa shape index (κ1) is 13.5. The minimum Gasteiger partial charge on any atom is -0.497 e. The van der Waals surface area contributed by atoms with Gasteiger partial charge in [-0.2, -0.15) is 0 Å². The number of benzene rings is 1. The first-order valence-electron chi connectivity index (χ1n) is 5.84. The number of carbonyl (C=O) groups is 1. The van der Waals surface area contributed by atoms with Crippen LogP contribution >= 0.6 is 0 Å². The minimum absolute atomic E-state index is 0.0265. The van der Waals surface area contributed by atoms with Gasteiger partial charge in [-0.1, -0.05) is 0 Å². The first-order chi connectivity index (χ1) is 8.13. The normalized spacial score (nSPS) is 10.4. The van der Waals surface area contributed by atoms with Crippen LogP contribution in [0.25, 0.3) is 0 Å². The van der Waals surface area contributed by atoms with Gasteiger partial charge in [-0.15, -0.1) is 0 Å². The fourth-order valence-electron chi connectivity index (χ4n) is 1.49. The van der Waals surface area contributed by atoms with Crippen LogP contribution in [0, 0.1) is 0 Å². The Bertz CT molecular complexity index is 347. The van der Waals surface area contributed by atoms with Gasteiger partial charge in [-0.25, -0.2) is 0 Å². The Morgan fingerprint density at radius 3 is 2.47 bits per heavy atom. The van der Waals surface area contributed by atoms with E-state index in [2.05, 4.69) is 19.4 Å². The van der Waals surface area contributed by atoms with Crippen LogP contribution in [0.5, 0.6) is 5.75 Å². The maximum atomic E-state index is 11.7. The summed E-state index contributed by atoms with van der Waals surface area (Å²) in [5, 5.41) is 2.90. The Kier molecular flexibility index (Phi) is 5.49. The van der Waals surface area contributed by atoms with Gasteiger partial charge in [0.25, 0.3) is 5.91 Å². The summed E-state index contributed by atoms with van der Waals surface area (Å²) >= 11 is 0. The third-order valence-electron chi connectivity index (χ3n) is 2.49. The Balaban J connectivity index is 2.36. The number of nitrogens with one attached hydrogen (secondary N) is 2. The quantitative estimate of drug-likeness (QED) is 0.682. The minimum atomic E-state index is -0.0265. The van der Waals surface area contributed by atoms with E-state index in [1.807, 2.05) is 0 Å². The lowest BCUT2D eigenvalue weighted by atomic mass is 10.2. The van der Waals surface area contributed by atoms with E-state index in [9.17, 15) is 4.79 Å². The van der Waals surface area contributed by atoms with Crippen molar-refractivity contribution in [1.29, 1.82) is 0 Å². The monoisotopic (exact) mass is 237 g/mol. The molecule has 0 bridgehead atoms.